The van der Waals surface area contributed by atoms with Gasteiger partial charge in [0.15, 0.2) is 0 Å². The second-order valence-corrected chi connectivity index (χ2v) is 25.6. The first-order valence-corrected chi connectivity index (χ1v) is 29.9. The lowest BCUT2D eigenvalue weighted by atomic mass is 9.85. The van der Waals surface area contributed by atoms with E-state index in [9.17, 15) is 61.1 Å². The molecule has 10 amide bonds. The topological polar surface area (TPSA) is 277 Å². The van der Waals surface area contributed by atoms with Crippen LogP contribution < -0.4 is 42.5 Å². The van der Waals surface area contributed by atoms with E-state index in [2.05, 4.69) is 42.5 Å². The Morgan fingerprint density at radius 3 is 1.67 bits per heavy atom. The first-order valence-electron chi connectivity index (χ1n) is 29.9. The van der Waals surface area contributed by atoms with Crippen LogP contribution in [0.1, 0.15) is 177 Å². The van der Waals surface area contributed by atoms with Gasteiger partial charge in [0, 0.05) is 38.2 Å². The number of hydrogen-bond acceptors (Lipinski definition) is 11. The number of hydrogen-bond donors (Lipinski definition) is 8. The van der Waals surface area contributed by atoms with Crippen LogP contribution in [-0.4, -0.2) is 167 Å². The minimum atomic E-state index is -2.51. The van der Waals surface area contributed by atoms with Gasteiger partial charge < -0.3 is 52.3 Å². The van der Waals surface area contributed by atoms with Crippen LogP contribution in [0.5, 0.6) is 0 Å². The summed E-state index contributed by atoms with van der Waals surface area (Å²) in [6.07, 6.45) is 4.57. The van der Waals surface area contributed by atoms with E-state index >= 15 is 0 Å². The lowest BCUT2D eigenvalue weighted by Crippen LogP contribution is -2.65. The average molecular weight is 1190 g/mol. The largest absolute Gasteiger partial charge is 0.355 e. The number of benzene rings is 1. The summed E-state index contributed by atoms with van der Waals surface area (Å²) in [7, 11) is 1.50. The van der Waals surface area contributed by atoms with Gasteiger partial charge in [0.1, 0.15) is 52.8 Å². The Labute approximate surface area is 495 Å². The molecule has 21 nitrogen and oxygen atoms in total. The summed E-state index contributed by atoms with van der Waals surface area (Å²) in [4.78, 5) is 142. The van der Waals surface area contributed by atoms with E-state index in [4.69, 9.17) is 0 Å². The zero-order valence-corrected chi connectivity index (χ0v) is 51.9. The molecule has 2 aliphatic rings. The number of alkyl halides is 2. The summed E-state index contributed by atoms with van der Waals surface area (Å²) < 4.78 is 39.0. The highest BCUT2D eigenvalue weighted by molar-refractivity contribution is 6.00. The maximum Gasteiger partial charge on any atom is 0.255 e. The van der Waals surface area contributed by atoms with Crippen LogP contribution >= 0.6 is 0 Å². The molecule has 1 aliphatic carbocycles. The number of carbonyl (C=O) groups is 10. The van der Waals surface area contributed by atoms with Gasteiger partial charge in [-0.2, -0.15) is 0 Å². The van der Waals surface area contributed by atoms with Crippen LogP contribution in [0.25, 0.3) is 0 Å². The lowest BCUT2D eigenvalue weighted by Gasteiger charge is -2.38. The molecule has 3 rings (SSSR count). The fraction of sp³-hybridized carbons (Fsp3) is 0.733. The van der Waals surface area contributed by atoms with E-state index in [1.807, 2.05) is 41.5 Å². The minimum absolute atomic E-state index is 0.0871. The molecule has 0 unspecified atom stereocenters. The van der Waals surface area contributed by atoms with Crippen LogP contribution in [0.15, 0.2) is 24.3 Å². The quantitative estimate of drug-likeness (QED) is 0.0439. The normalized spacial score (nSPS) is 16.6. The molecule has 24 heteroatoms. The molecule has 2 fully saturated rings. The van der Waals surface area contributed by atoms with Crippen LogP contribution in [-0.2, 0) is 43.2 Å². The third kappa shape index (κ3) is 23.6. The monoisotopic (exact) mass is 1190 g/mol. The number of halogens is 3. The van der Waals surface area contributed by atoms with Crippen LogP contribution in [0.4, 0.5) is 13.2 Å². The molecular weight excluding hydrogens is 1090 g/mol. The summed E-state index contributed by atoms with van der Waals surface area (Å²) >= 11 is 0. The maximum atomic E-state index is 14.7. The van der Waals surface area contributed by atoms with E-state index in [-0.39, 0.29) is 75.1 Å². The molecule has 1 aromatic rings. The van der Waals surface area contributed by atoms with E-state index in [0.29, 0.717) is 38.1 Å². The smallest absolute Gasteiger partial charge is 0.255 e. The fourth-order valence-corrected chi connectivity index (χ4v) is 10.4. The number of likely N-dealkylation sites (N-methyl/N-ethyl adjacent to an activating group) is 1. The number of nitrogens with zero attached hydrogens (tertiary/aromatic N) is 3. The highest BCUT2D eigenvalue weighted by Crippen LogP contribution is 2.31. The lowest BCUT2D eigenvalue weighted by molar-refractivity contribution is -0.141. The van der Waals surface area contributed by atoms with E-state index in [1.165, 1.54) is 87.6 Å². The Bertz CT molecular complexity index is 2380. The van der Waals surface area contributed by atoms with Gasteiger partial charge in [-0.25, -0.2) is 13.2 Å². The number of nitrogens with one attached hydrogen (secondary N) is 8. The molecule has 5 atom stereocenters. The number of amides is 10. The van der Waals surface area contributed by atoms with Gasteiger partial charge in [-0.15, -0.1) is 0 Å². The van der Waals surface area contributed by atoms with Gasteiger partial charge in [-0.05, 0) is 141 Å². The molecule has 1 saturated heterocycles. The Hall–Kier alpha value is -6.33. The molecule has 1 aliphatic heterocycles. The van der Waals surface area contributed by atoms with E-state index < -0.39 is 119 Å². The van der Waals surface area contributed by atoms with Crippen LogP contribution in [0.3, 0.4) is 0 Å². The third-order valence-electron chi connectivity index (χ3n) is 15.2. The van der Waals surface area contributed by atoms with Gasteiger partial charge in [0.25, 0.3) is 12.3 Å². The van der Waals surface area contributed by atoms with Crippen molar-refractivity contribution < 1.29 is 61.1 Å². The molecule has 0 aromatic heterocycles. The second kappa shape index (κ2) is 33.4. The van der Waals surface area contributed by atoms with Crippen molar-refractivity contribution in [1.82, 2.24) is 57.2 Å². The van der Waals surface area contributed by atoms with Gasteiger partial charge in [0.2, 0.25) is 53.7 Å². The van der Waals surface area contributed by atoms with Crippen molar-refractivity contribution in [2.45, 2.75) is 220 Å². The molecule has 0 radical (unpaired) electrons. The maximum absolute atomic E-state index is 14.7. The third-order valence-corrected chi connectivity index (χ3v) is 15.2. The highest BCUT2D eigenvalue weighted by atomic mass is 19.3. The molecular formula is C60H98F3N11O10. The summed E-state index contributed by atoms with van der Waals surface area (Å²) in [6, 6.07) is 0.451. The minimum Gasteiger partial charge on any atom is -0.355 e. The molecule has 84 heavy (non-hydrogen) atoms. The van der Waals surface area contributed by atoms with Crippen LogP contribution in [0, 0.1) is 29.5 Å². The van der Waals surface area contributed by atoms with Gasteiger partial charge in [0.05, 0.1) is 6.54 Å². The van der Waals surface area contributed by atoms with Crippen molar-refractivity contribution in [3.63, 3.8) is 0 Å². The van der Waals surface area contributed by atoms with Gasteiger partial charge in [-0.3, -0.25) is 52.8 Å². The van der Waals surface area contributed by atoms with Crippen molar-refractivity contribution in [3.05, 3.63) is 35.6 Å². The summed E-state index contributed by atoms with van der Waals surface area (Å²) in [5, 5.41) is 21.7. The van der Waals surface area contributed by atoms with Gasteiger partial charge in [-0.1, -0.05) is 73.6 Å². The molecule has 1 heterocycles. The fourth-order valence-electron chi connectivity index (χ4n) is 10.4. The Kier molecular flexibility index (Phi) is 28.6. The predicted octanol–water partition coefficient (Wildman–Crippen LogP) is 4.67. The molecule has 1 aromatic carbocycles. The number of likely N-dealkylation sites (tertiary alicyclic amines) is 1. The first-order chi connectivity index (χ1) is 39.2. The molecule has 0 bridgehead atoms. The molecule has 474 valence electrons. The van der Waals surface area contributed by atoms with Crippen molar-refractivity contribution in [1.29, 1.82) is 0 Å². The van der Waals surface area contributed by atoms with E-state index in [1.54, 1.807) is 0 Å². The molecule has 1 saturated carbocycles. The van der Waals surface area contributed by atoms with Crippen molar-refractivity contribution in [2.75, 3.05) is 39.8 Å². The summed E-state index contributed by atoms with van der Waals surface area (Å²) in [5.41, 5.74) is -4.61. The number of carbonyl (C=O) groups excluding carboxylic acids is 10. The van der Waals surface area contributed by atoms with Crippen molar-refractivity contribution >= 4 is 59.6 Å². The molecule has 0 spiro atoms. The average Bonchev–Trinajstić information content (AvgIpc) is 3.03. The summed E-state index contributed by atoms with van der Waals surface area (Å²) in [5.74, 6) is -6.31. The number of rotatable bonds is 34. The molecule has 8 N–H and O–H groups in total. The first kappa shape index (κ1) is 71.9. The standard InChI is InChI=1S/C60H98F3N11O10/c1-37(2)32-43(50(77)66-44(33-38(3)4)51(78)70-60(11,12)57(84)71-58(7,8)55(82)65-28-27-48(76)64-29-31-72(13)35-47(62)63)68-56(83)59(9,10)69-52(79)45(34-39(5)6)67-53(80)46(26-21-40-18-15-14-16-19-40)74(36-75)49-20-17-30-73(49)54(81)41-22-24-42(61)25-23-41/h22-25,36-40,43-47,49H,14-21,26-35H2,1-13H3,(H,64,76)(H,65,82)(H,66,77)(H,67,80)(H,68,83)(H,69,79)(H,70,78)(H,71,84)/t43-,44-,45-,46-,49+/m0/s1. The zero-order valence-electron chi connectivity index (χ0n) is 51.9. The van der Waals surface area contributed by atoms with E-state index in [0.717, 1.165) is 32.1 Å². The Morgan fingerprint density at radius 1 is 0.631 bits per heavy atom. The summed E-state index contributed by atoms with van der Waals surface area (Å²) in [6.45, 7) is 19.8. The van der Waals surface area contributed by atoms with Crippen molar-refractivity contribution in [2.24, 2.45) is 23.7 Å². The van der Waals surface area contributed by atoms with Crippen LogP contribution in [0.2, 0.25) is 0 Å². The van der Waals surface area contributed by atoms with Gasteiger partial charge >= 0.3 is 0 Å². The Morgan fingerprint density at radius 2 is 1.14 bits per heavy atom. The predicted molar refractivity (Wildman–Crippen MR) is 313 cm³/mol. The highest BCUT2D eigenvalue weighted by Gasteiger charge is 2.43. The second-order valence-electron chi connectivity index (χ2n) is 25.6. The van der Waals surface area contributed by atoms with Crippen molar-refractivity contribution in [3.8, 4) is 0 Å². The Balaban J connectivity index is 1.75. The zero-order chi connectivity index (χ0) is 63.3. The SMILES string of the molecule is CC(C)C[C@H](NC(=O)[C@H](CC(C)C)NC(=O)C(C)(C)NC(=O)[C@H](CC(C)C)NC(=O)[C@H](CCC1CCCCC1)N(C=O)[C@@H]1CCCN1C(=O)c1ccc(F)cc1)C(=O)NC(C)(C)C(=O)NC(C)(C)C(=O)NCCC(=O)NCCN(C)CC(F)F.